The molecule has 1 aliphatic carbocycles. The molecule has 114 valence electrons. The Hall–Kier alpha value is -2.17. The highest BCUT2D eigenvalue weighted by Gasteiger charge is 2.25. The Morgan fingerprint density at radius 1 is 1.32 bits per heavy atom. The van der Waals surface area contributed by atoms with E-state index in [1.54, 1.807) is 0 Å². The van der Waals surface area contributed by atoms with Crippen LogP contribution in [0.4, 0.5) is 0 Å². The summed E-state index contributed by atoms with van der Waals surface area (Å²) in [6.45, 7) is 2.27. The first kappa shape index (κ1) is 13.5. The van der Waals surface area contributed by atoms with Gasteiger partial charge in [-0.2, -0.15) is 10.2 Å². The second-order valence-corrected chi connectivity index (χ2v) is 6.23. The number of nitrogens with zero attached hydrogens (tertiary/aromatic N) is 4. The molecule has 4 rings (SSSR count). The Balaban J connectivity index is 1.70. The fraction of sp³-hybridized carbons (Fsp3) is 0.471. The van der Waals surface area contributed by atoms with Crippen molar-refractivity contribution < 1.29 is 0 Å². The van der Waals surface area contributed by atoms with E-state index in [-0.39, 0.29) is 0 Å². The van der Waals surface area contributed by atoms with Gasteiger partial charge in [-0.05, 0) is 31.2 Å². The molecule has 1 atom stereocenters. The minimum absolute atomic E-state index is 0.521. The van der Waals surface area contributed by atoms with Crippen LogP contribution in [0, 0.1) is 5.92 Å². The van der Waals surface area contributed by atoms with Gasteiger partial charge in [0, 0.05) is 28.9 Å². The first-order valence-corrected chi connectivity index (χ1v) is 8.20. The second-order valence-electron chi connectivity index (χ2n) is 6.23. The zero-order chi connectivity index (χ0) is 14.9. The molecule has 0 aromatic carbocycles. The largest absolute Gasteiger partial charge is 0.345 e. The van der Waals surface area contributed by atoms with Gasteiger partial charge in [-0.15, -0.1) is 5.10 Å². The predicted molar refractivity (Wildman–Crippen MR) is 86.4 cm³/mol. The van der Waals surface area contributed by atoms with Crippen LogP contribution in [-0.2, 0) is 0 Å². The van der Waals surface area contributed by atoms with Crippen molar-refractivity contribution in [2.45, 2.75) is 45.1 Å². The van der Waals surface area contributed by atoms with Gasteiger partial charge in [-0.25, -0.2) is 0 Å². The zero-order valence-corrected chi connectivity index (χ0v) is 12.9. The third kappa shape index (κ3) is 2.21. The fourth-order valence-corrected chi connectivity index (χ4v) is 3.84. The Kier molecular flexibility index (Phi) is 3.41. The summed E-state index contributed by atoms with van der Waals surface area (Å²) < 4.78 is 2.17. The van der Waals surface area contributed by atoms with Crippen molar-refractivity contribution in [2.75, 3.05) is 0 Å². The van der Waals surface area contributed by atoms with Crippen LogP contribution in [0.25, 0.3) is 22.2 Å². The van der Waals surface area contributed by atoms with E-state index in [4.69, 9.17) is 0 Å². The standard InChI is InChI=1S/C17H21N5/c1-2-16(12-5-3-4-6-12)22-11-13(9-20-22)15-10-19-21-17-14(15)7-8-18-17/h7-12,16H,2-6H2,1H3,(H,18,21)/t16-/m0/s1. The molecule has 3 aromatic heterocycles. The fourth-order valence-electron chi connectivity index (χ4n) is 3.84. The molecule has 5 nitrogen and oxygen atoms in total. The molecule has 3 aromatic rings. The summed E-state index contributed by atoms with van der Waals surface area (Å²) in [5.41, 5.74) is 3.04. The molecule has 0 bridgehead atoms. The molecule has 1 aliphatic rings. The van der Waals surface area contributed by atoms with E-state index in [1.807, 2.05) is 24.7 Å². The number of aromatic amines is 1. The SMILES string of the molecule is CC[C@@H](C1CCCC1)n1cc(-c2cnnc3[nH]ccc23)cn1. The van der Waals surface area contributed by atoms with Crippen molar-refractivity contribution in [3.05, 3.63) is 30.9 Å². The Bertz CT molecular complexity index is 766. The van der Waals surface area contributed by atoms with Crippen LogP contribution in [0.5, 0.6) is 0 Å². The van der Waals surface area contributed by atoms with Crippen molar-refractivity contribution in [1.29, 1.82) is 0 Å². The predicted octanol–water partition coefficient (Wildman–Crippen LogP) is 3.96. The number of H-pyrrole nitrogens is 1. The van der Waals surface area contributed by atoms with E-state index in [0.717, 1.165) is 34.5 Å². The maximum Gasteiger partial charge on any atom is 0.160 e. The van der Waals surface area contributed by atoms with Gasteiger partial charge in [-0.1, -0.05) is 19.8 Å². The van der Waals surface area contributed by atoms with Crippen LogP contribution in [0.15, 0.2) is 30.9 Å². The molecule has 0 unspecified atom stereocenters. The highest BCUT2D eigenvalue weighted by molar-refractivity contribution is 5.91. The molecule has 0 radical (unpaired) electrons. The van der Waals surface area contributed by atoms with E-state index < -0.39 is 0 Å². The molecule has 1 fully saturated rings. The van der Waals surface area contributed by atoms with E-state index in [1.165, 1.54) is 25.7 Å². The number of fused-ring (bicyclic) bond motifs is 1. The summed E-state index contributed by atoms with van der Waals surface area (Å²) in [4.78, 5) is 3.11. The maximum atomic E-state index is 4.66. The maximum absolute atomic E-state index is 4.66. The van der Waals surface area contributed by atoms with Gasteiger partial charge in [-0.3, -0.25) is 4.68 Å². The topological polar surface area (TPSA) is 59.4 Å². The smallest absolute Gasteiger partial charge is 0.160 e. The lowest BCUT2D eigenvalue weighted by molar-refractivity contribution is 0.301. The van der Waals surface area contributed by atoms with Gasteiger partial charge in [0.1, 0.15) is 0 Å². The third-order valence-electron chi connectivity index (χ3n) is 4.97. The minimum Gasteiger partial charge on any atom is -0.345 e. The lowest BCUT2D eigenvalue weighted by atomic mass is 9.96. The van der Waals surface area contributed by atoms with E-state index in [0.29, 0.717) is 6.04 Å². The van der Waals surface area contributed by atoms with E-state index in [2.05, 4.69) is 38.1 Å². The summed E-state index contributed by atoms with van der Waals surface area (Å²) in [7, 11) is 0. The summed E-state index contributed by atoms with van der Waals surface area (Å²) >= 11 is 0. The Morgan fingerprint density at radius 2 is 2.18 bits per heavy atom. The van der Waals surface area contributed by atoms with Crippen molar-refractivity contribution in [3.8, 4) is 11.1 Å². The lowest BCUT2D eigenvalue weighted by Gasteiger charge is -2.22. The number of nitrogens with one attached hydrogen (secondary N) is 1. The zero-order valence-electron chi connectivity index (χ0n) is 12.9. The summed E-state index contributed by atoms with van der Waals surface area (Å²) in [6, 6.07) is 2.57. The molecule has 0 saturated heterocycles. The van der Waals surface area contributed by atoms with Gasteiger partial charge in [0.2, 0.25) is 0 Å². The molecular formula is C17H21N5. The summed E-state index contributed by atoms with van der Waals surface area (Å²) in [5, 5.41) is 14.0. The Morgan fingerprint density at radius 3 is 3.00 bits per heavy atom. The van der Waals surface area contributed by atoms with Gasteiger partial charge in [0.05, 0.1) is 18.4 Å². The van der Waals surface area contributed by atoms with Crippen molar-refractivity contribution >= 4 is 11.0 Å². The normalized spacial score (nSPS) is 17.3. The molecule has 0 amide bonds. The van der Waals surface area contributed by atoms with Crippen LogP contribution in [0.1, 0.15) is 45.1 Å². The van der Waals surface area contributed by atoms with Crippen molar-refractivity contribution in [1.82, 2.24) is 25.0 Å². The molecule has 0 spiro atoms. The van der Waals surface area contributed by atoms with Crippen LogP contribution < -0.4 is 0 Å². The minimum atomic E-state index is 0.521. The quantitative estimate of drug-likeness (QED) is 0.792. The van der Waals surface area contributed by atoms with Crippen LogP contribution in [0.3, 0.4) is 0 Å². The molecule has 1 N–H and O–H groups in total. The van der Waals surface area contributed by atoms with Gasteiger partial charge in [0.25, 0.3) is 0 Å². The highest BCUT2D eigenvalue weighted by atomic mass is 15.3. The van der Waals surface area contributed by atoms with Crippen molar-refractivity contribution in [3.63, 3.8) is 0 Å². The molecule has 0 aliphatic heterocycles. The number of hydrogen-bond acceptors (Lipinski definition) is 3. The van der Waals surface area contributed by atoms with Gasteiger partial charge < -0.3 is 4.98 Å². The van der Waals surface area contributed by atoms with Crippen LogP contribution >= 0.6 is 0 Å². The van der Waals surface area contributed by atoms with Crippen molar-refractivity contribution in [2.24, 2.45) is 5.92 Å². The van der Waals surface area contributed by atoms with E-state index >= 15 is 0 Å². The molecule has 22 heavy (non-hydrogen) atoms. The number of hydrogen-bond donors (Lipinski definition) is 1. The highest BCUT2D eigenvalue weighted by Crippen LogP contribution is 2.36. The lowest BCUT2D eigenvalue weighted by Crippen LogP contribution is -2.17. The number of rotatable bonds is 4. The second kappa shape index (κ2) is 5.55. The first-order valence-electron chi connectivity index (χ1n) is 8.20. The summed E-state index contributed by atoms with van der Waals surface area (Å²) in [6.07, 6.45) is 14.4. The average Bonchev–Trinajstić information content (AvgIpc) is 3.29. The third-order valence-corrected chi connectivity index (χ3v) is 4.97. The molecular weight excluding hydrogens is 274 g/mol. The van der Waals surface area contributed by atoms with Gasteiger partial charge >= 0.3 is 0 Å². The molecule has 1 saturated carbocycles. The first-order chi connectivity index (χ1) is 10.9. The average molecular weight is 295 g/mol. The molecule has 5 heteroatoms. The summed E-state index contributed by atoms with van der Waals surface area (Å²) in [5.74, 6) is 0.778. The number of aromatic nitrogens is 5. The molecule has 3 heterocycles. The van der Waals surface area contributed by atoms with Crippen LogP contribution in [-0.4, -0.2) is 25.0 Å². The Labute approximate surface area is 129 Å². The van der Waals surface area contributed by atoms with Gasteiger partial charge in [0.15, 0.2) is 5.65 Å². The van der Waals surface area contributed by atoms with E-state index in [9.17, 15) is 0 Å². The van der Waals surface area contributed by atoms with Crippen LogP contribution in [0.2, 0.25) is 0 Å². The monoisotopic (exact) mass is 295 g/mol.